The molecular formula is C8H6O3S2. The minimum absolute atomic E-state index is 0.00690. The van der Waals surface area contributed by atoms with E-state index in [9.17, 15) is 13.2 Å². The SMILES string of the molecule is C=C1CC(=O)c2ccsc2S1(=O)=O. The lowest BCUT2D eigenvalue weighted by Crippen LogP contribution is -2.16. The normalized spacial score (nSPS) is 20.0. The van der Waals surface area contributed by atoms with Crippen molar-refractivity contribution in [2.75, 3.05) is 0 Å². The predicted molar refractivity (Wildman–Crippen MR) is 49.6 cm³/mol. The van der Waals surface area contributed by atoms with Crippen LogP contribution in [0.25, 0.3) is 0 Å². The molecule has 1 aliphatic heterocycles. The van der Waals surface area contributed by atoms with Crippen molar-refractivity contribution >= 4 is 27.0 Å². The van der Waals surface area contributed by atoms with Crippen LogP contribution in [0.15, 0.2) is 27.1 Å². The van der Waals surface area contributed by atoms with Crippen LogP contribution >= 0.6 is 11.3 Å². The van der Waals surface area contributed by atoms with Crippen LogP contribution in [0.3, 0.4) is 0 Å². The predicted octanol–water partition coefficient (Wildman–Crippen LogP) is 1.62. The second kappa shape index (κ2) is 2.52. The second-order valence-electron chi connectivity index (χ2n) is 2.76. The van der Waals surface area contributed by atoms with E-state index in [0.29, 0.717) is 5.56 Å². The molecule has 0 amide bonds. The molecule has 0 spiro atoms. The van der Waals surface area contributed by atoms with Gasteiger partial charge in [-0.2, -0.15) is 0 Å². The maximum atomic E-state index is 11.6. The van der Waals surface area contributed by atoms with Crippen LogP contribution in [0.4, 0.5) is 0 Å². The Balaban J connectivity index is 2.81. The van der Waals surface area contributed by atoms with Gasteiger partial charge in [-0.3, -0.25) is 4.79 Å². The van der Waals surface area contributed by atoms with Crippen molar-refractivity contribution in [1.29, 1.82) is 0 Å². The summed E-state index contributed by atoms with van der Waals surface area (Å²) in [6, 6.07) is 1.55. The van der Waals surface area contributed by atoms with E-state index >= 15 is 0 Å². The number of sulfone groups is 1. The van der Waals surface area contributed by atoms with Crippen LogP contribution in [0.1, 0.15) is 16.8 Å². The summed E-state index contributed by atoms with van der Waals surface area (Å²) in [7, 11) is -3.41. The van der Waals surface area contributed by atoms with Gasteiger partial charge < -0.3 is 0 Å². The molecule has 0 aromatic carbocycles. The van der Waals surface area contributed by atoms with E-state index in [1.54, 1.807) is 11.4 Å². The average Bonchev–Trinajstić information content (AvgIpc) is 2.49. The summed E-state index contributed by atoms with van der Waals surface area (Å²) in [5, 5.41) is 1.61. The third-order valence-corrected chi connectivity index (χ3v) is 5.18. The van der Waals surface area contributed by atoms with E-state index in [0.717, 1.165) is 11.3 Å². The zero-order valence-corrected chi connectivity index (χ0v) is 8.24. The van der Waals surface area contributed by atoms with Gasteiger partial charge >= 0.3 is 0 Å². The highest BCUT2D eigenvalue weighted by molar-refractivity contribution is 7.97. The number of fused-ring (bicyclic) bond motifs is 1. The van der Waals surface area contributed by atoms with Crippen LogP contribution in [0.5, 0.6) is 0 Å². The zero-order chi connectivity index (χ0) is 9.64. The van der Waals surface area contributed by atoms with Gasteiger partial charge in [0.1, 0.15) is 4.21 Å². The van der Waals surface area contributed by atoms with Gasteiger partial charge in [-0.25, -0.2) is 8.42 Å². The molecule has 1 aromatic heterocycles. The van der Waals surface area contributed by atoms with Gasteiger partial charge in [0.15, 0.2) is 5.78 Å². The molecule has 3 nitrogen and oxygen atoms in total. The van der Waals surface area contributed by atoms with Crippen molar-refractivity contribution in [2.45, 2.75) is 10.6 Å². The number of carbonyl (C=O) groups is 1. The minimum atomic E-state index is -3.41. The van der Waals surface area contributed by atoms with Gasteiger partial charge in [0.25, 0.3) is 0 Å². The van der Waals surface area contributed by atoms with Crippen molar-refractivity contribution in [3.63, 3.8) is 0 Å². The quantitative estimate of drug-likeness (QED) is 0.659. The molecule has 0 atom stereocenters. The first-order valence-corrected chi connectivity index (χ1v) is 5.93. The van der Waals surface area contributed by atoms with E-state index in [1.807, 2.05) is 0 Å². The molecule has 0 saturated carbocycles. The van der Waals surface area contributed by atoms with E-state index in [2.05, 4.69) is 6.58 Å². The maximum absolute atomic E-state index is 11.6. The molecule has 0 N–H and O–H groups in total. The van der Waals surface area contributed by atoms with Crippen molar-refractivity contribution in [2.24, 2.45) is 0 Å². The Morgan fingerprint density at radius 3 is 2.85 bits per heavy atom. The zero-order valence-electron chi connectivity index (χ0n) is 6.61. The Morgan fingerprint density at radius 2 is 2.15 bits per heavy atom. The highest BCUT2D eigenvalue weighted by Crippen LogP contribution is 2.34. The van der Waals surface area contributed by atoms with E-state index in [4.69, 9.17) is 0 Å². The van der Waals surface area contributed by atoms with Crippen molar-refractivity contribution in [3.05, 3.63) is 28.5 Å². The highest BCUT2D eigenvalue weighted by Gasteiger charge is 2.33. The molecular weight excluding hydrogens is 208 g/mol. The van der Waals surface area contributed by atoms with Gasteiger partial charge in [-0.15, -0.1) is 11.3 Å². The fourth-order valence-electron chi connectivity index (χ4n) is 1.21. The van der Waals surface area contributed by atoms with Crippen LogP contribution in [-0.2, 0) is 9.84 Å². The third-order valence-electron chi connectivity index (χ3n) is 1.91. The molecule has 2 rings (SSSR count). The van der Waals surface area contributed by atoms with Crippen molar-refractivity contribution in [3.8, 4) is 0 Å². The summed E-state index contributed by atoms with van der Waals surface area (Å²) >= 11 is 1.07. The lowest BCUT2D eigenvalue weighted by atomic mass is 10.1. The first-order valence-electron chi connectivity index (χ1n) is 3.57. The fourth-order valence-corrected chi connectivity index (χ4v) is 3.93. The van der Waals surface area contributed by atoms with Gasteiger partial charge in [0, 0.05) is 12.0 Å². The van der Waals surface area contributed by atoms with E-state index < -0.39 is 9.84 Å². The Hall–Kier alpha value is -0.940. The summed E-state index contributed by atoms with van der Waals surface area (Å²) in [5.74, 6) is -0.156. The minimum Gasteiger partial charge on any atom is -0.294 e. The largest absolute Gasteiger partial charge is 0.294 e. The third kappa shape index (κ3) is 1.08. The number of ketones is 1. The summed E-state index contributed by atoms with van der Waals surface area (Å²) < 4.78 is 23.3. The molecule has 0 fully saturated rings. The number of Topliss-reactive ketones (excluding diaryl/α,β-unsaturated/α-hetero) is 1. The lowest BCUT2D eigenvalue weighted by Gasteiger charge is -2.12. The Morgan fingerprint density at radius 1 is 1.46 bits per heavy atom. The van der Waals surface area contributed by atoms with Crippen LogP contribution in [0, 0.1) is 0 Å². The number of hydrogen-bond donors (Lipinski definition) is 0. The van der Waals surface area contributed by atoms with Crippen LogP contribution in [0.2, 0.25) is 0 Å². The monoisotopic (exact) mass is 214 g/mol. The number of rotatable bonds is 0. The molecule has 68 valence electrons. The highest BCUT2D eigenvalue weighted by atomic mass is 32.2. The summed E-state index contributed by atoms with van der Waals surface area (Å²) in [4.78, 5) is 11.3. The molecule has 1 aromatic rings. The van der Waals surface area contributed by atoms with Crippen molar-refractivity contribution < 1.29 is 13.2 Å². The number of thiophene rings is 1. The van der Waals surface area contributed by atoms with Crippen molar-refractivity contribution in [1.82, 2.24) is 0 Å². The topological polar surface area (TPSA) is 51.2 Å². The first-order chi connectivity index (χ1) is 6.03. The summed E-state index contributed by atoms with van der Waals surface area (Å²) in [6.45, 7) is 3.39. The Labute approximate surface area is 79.6 Å². The molecule has 0 aliphatic carbocycles. The number of carbonyl (C=O) groups excluding carboxylic acids is 1. The number of hydrogen-bond acceptors (Lipinski definition) is 4. The smallest absolute Gasteiger partial charge is 0.212 e. The molecule has 0 saturated heterocycles. The lowest BCUT2D eigenvalue weighted by molar-refractivity contribution is 0.0990. The number of allylic oxidation sites excluding steroid dienone is 1. The molecule has 13 heavy (non-hydrogen) atoms. The Kier molecular flexibility index (Phi) is 1.68. The van der Waals surface area contributed by atoms with Crippen LogP contribution in [-0.4, -0.2) is 14.2 Å². The van der Waals surface area contributed by atoms with E-state index in [-0.39, 0.29) is 21.3 Å². The molecule has 5 heteroatoms. The molecule has 1 aliphatic rings. The Bertz CT molecular complexity index is 493. The standard InChI is InChI=1S/C8H6O3S2/c1-5-4-7(9)6-2-3-12-8(6)13(5,10)11/h2-3H,1,4H2. The van der Waals surface area contributed by atoms with Gasteiger partial charge in [-0.05, 0) is 11.4 Å². The van der Waals surface area contributed by atoms with Crippen LogP contribution < -0.4 is 0 Å². The van der Waals surface area contributed by atoms with Gasteiger partial charge in [-0.1, -0.05) is 6.58 Å². The fraction of sp³-hybridized carbons (Fsp3) is 0.125. The summed E-state index contributed by atoms with van der Waals surface area (Å²) in [6.07, 6.45) is -0.0773. The molecule has 0 bridgehead atoms. The molecule has 0 unspecified atom stereocenters. The van der Waals surface area contributed by atoms with Gasteiger partial charge in [0.2, 0.25) is 9.84 Å². The first kappa shape index (κ1) is 8.65. The van der Waals surface area contributed by atoms with E-state index in [1.165, 1.54) is 0 Å². The second-order valence-corrected chi connectivity index (χ2v) is 5.93. The maximum Gasteiger partial charge on any atom is 0.212 e. The van der Waals surface area contributed by atoms with Gasteiger partial charge in [0.05, 0.1) is 4.91 Å². The molecule has 2 heterocycles. The molecule has 0 radical (unpaired) electrons. The summed E-state index contributed by atoms with van der Waals surface area (Å²) in [5.41, 5.74) is 0.317. The average molecular weight is 214 g/mol.